The molecule has 2 rings (SSSR count). The molecule has 5 nitrogen and oxygen atoms in total. The lowest BCUT2D eigenvalue weighted by molar-refractivity contribution is -0.385. The first-order valence-electron chi connectivity index (χ1n) is 6.07. The molecule has 102 valence electrons. The summed E-state index contributed by atoms with van der Waals surface area (Å²) in [6.07, 6.45) is 0.246. The normalized spacial score (nSPS) is 11.7. The Hall–Kier alpha value is -2.69. The highest BCUT2D eigenvalue weighted by Crippen LogP contribution is 2.26. The zero-order valence-electron chi connectivity index (χ0n) is 10.9. The van der Waals surface area contributed by atoms with E-state index in [1.807, 2.05) is 37.3 Å². The number of benzene rings is 2. The van der Waals surface area contributed by atoms with E-state index in [9.17, 15) is 14.9 Å². The minimum Gasteiger partial charge on any atom is -0.486 e. The van der Waals surface area contributed by atoms with Crippen molar-refractivity contribution in [3.05, 3.63) is 69.8 Å². The molecular weight excluding hydrogens is 258 g/mol. The molecule has 1 atom stereocenters. The first-order valence-corrected chi connectivity index (χ1v) is 6.07. The number of hydrogen-bond acceptors (Lipinski definition) is 4. The first-order chi connectivity index (χ1) is 9.61. The summed E-state index contributed by atoms with van der Waals surface area (Å²) in [5.74, 6) is 0.425. The standard InChI is InChI=1S/C15H13NO4/c1-11(12-5-3-2-4-6-12)20-14-7-8-15(16(18)19)13(9-14)10-17/h2-11H,1H3. The van der Waals surface area contributed by atoms with Crippen LogP contribution >= 0.6 is 0 Å². The van der Waals surface area contributed by atoms with Crippen molar-refractivity contribution in [2.45, 2.75) is 13.0 Å². The summed E-state index contributed by atoms with van der Waals surface area (Å²) < 4.78 is 5.70. The number of nitro groups is 1. The van der Waals surface area contributed by atoms with E-state index in [-0.39, 0.29) is 17.4 Å². The fraction of sp³-hybridized carbons (Fsp3) is 0.133. The fourth-order valence-electron chi connectivity index (χ4n) is 1.86. The van der Waals surface area contributed by atoms with Crippen LogP contribution in [0.4, 0.5) is 5.69 Å². The summed E-state index contributed by atoms with van der Waals surface area (Å²) >= 11 is 0. The predicted octanol–water partition coefficient (Wildman–Crippen LogP) is 3.55. The maximum atomic E-state index is 10.9. The molecule has 0 bridgehead atoms. The number of aldehydes is 1. The lowest BCUT2D eigenvalue weighted by atomic mass is 10.1. The zero-order chi connectivity index (χ0) is 14.5. The Kier molecular flexibility index (Phi) is 4.10. The van der Waals surface area contributed by atoms with Gasteiger partial charge in [0.15, 0.2) is 6.29 Å². The van der Waals surface area contributed by atoms with Gasteiger partial charge in [0.05, 0.1) is 10.5 Å². The van der Waals surface area contributed by atoms with Gasteiger partial charge in [-0.3, -0.25) is 14.9 Å². The summed E-state index contributed by atoms with van der Waals surface area (Å²) in [6, 6.07) is 13.7. The molecule has 5 heteroatoms. The summed E-state index contributed by atoms with van der Waals surface area (Å²) in [7, 11) is 0. The highest BCUT2D eigenvalue weighted by atomic mass is 16.6. The van der Waals surface area contributed by atoms with Gasteiger partial charge in [-0.1, -0.05) is 30.3 Å². The molecule has 0 heterocycles. The van der Waals surface area contributed by atoms with Crippen LogP contribution in [0, 0.1) is 10.1 Å². The highest BCUT2D eigenvalue weighted by Gasteiger charge is 2.15. The van der Waals surface area contributed by atoms with Crippen molar-refractivity contribution in [3.8, 4) is 5.75 Å². The van der Waals surface area contributed by atoms with E-state index in [1.54, 1.807) is 0 Å². The molecule has 0 aliphatic rings. The maximum absolute atomic E-state index is 10.9. The molecule has 0 radical (unpaired) electrons. The van der Waals surface area contributed by atoms with Crippen molar-refractivity contribution < 1.29 is 14.5 Å². The lowest BCUT2D eigenvalue weighted by Crippen LogP contribution is -2.03. The van der Waals surface area contributed by atoms with Crippen molar-refractivity contribution in [1.29, 1.82) is 0 Å². The molecule has 0 amide bonds. The van der Waals surface area contributed by atoms with Gasteiger partial charge in [-0.05, 0) is 24.6 Å². The Morgan fingerprint density at radius 1 is 1.20 bits per heavy atom. The summed E-state index contributed by atoms with van der Waals surface area (Å²) in [5, 5.41) is 10.7. The van der Waals surface area contributed by atoms with Gasteiger partial charge in [0.25, 0.3) is 5.69 Å². The summed E-state index contributed by atoms with van der Waals surface area (Å²) in [5.41, 5.74) is 0.769. The molecule has 2 aromatic carbocycles. The SMILES string of the molecule is CC(Oc1ccc([N+](=O)[O-])c(C=O)c1)c1ccccc1. The Balaban J connectivity index is 2.22. The number of carbonyl (C=O) groups excluding carboxylic acids is 1. The minimum atomic E-state index is -0.589. The second kappa shape index (κ2) is 5.97. The van der Waals surface area contributed by atoms with E-state index in [2.05, 4.69) is 0 Å². The predicted molar refractivity (Wildman–Crippen MR) is 74.0 cm³/mol. The smallest absolute Gasteiger partial charge is 0.280 e. The van der Waals surface area contributed by atoms with Gasteiger partial charge in [0, 0.05) is 6.07 Å². The van der Waals surface area contributed by atoms with Crippen LogP contribution in [0.25, 0.3) is 0 Å². The molecule has 0 fully saturated rings. The molecule has 0 spiro atoms. The van der Waals surface area contributed by atoms with Crippen LogP contribution in [0.5, 0.6) is 5.75 Å². The topological polar surface area (TPSA) is 69.4 Å². The molecule has 0 aliphatic heterocycles. The number of carbonyl (C=O) groups is 1. The van der Waals surface area contributed by atoms with Crippen LogP contribution in [-0.4, -0.2) is 11.2 Å². The molecule has 0 saturated heterocycles. The second-order valence-corrected chi connectivity index (χ2v) is 4.27. The van der Waals surface area contributed by atoms with E-state index in [4.69, 9.17) is 4.74 Å². The third-order valence-electron chi connectivity index (χ3n) is 2.90. The summed E-state index contributed by atoms with van der Waals surface area (Å²) in [6.45, 7) is 1.87. The van der Waals surface area contributed by atoms with E-state index in [0.717, 1.165) is 5.56 Å². The van der Waals surface area contributed by atoms with Crippen LogP contribution in [-0.2, 0) is 0 Å². The maximum Gasteiger partial charge on any atom is 0.280 e. The quantitative estimate of drug-likeness (QED) is 0.473. The molecule has 0 N–H and O–H groups in total. The lowest BCUT2D eigenvalue weighted by Gasteiger charge is -2.15. The first kappa shape index (κ1) is 13.7. The van der Waals surface area contributed by atoms with Crippen molar-refractivity contribution >= 4 is 12.0 Å². The second-order valence-electron chi connectivity index (χ2n) is 4.27. The van der Waals surface area contributed by atoms with Gasteiger partial charge in [-0.2, -0.15) is 0 Å². The molecule has 2 aromatic rings. The van der Waals surface area contributed by atoms with E-state index >= 15 is 0 Å². The number of rotatable bonds is 5. The molecule has 20 heavy (non-hydrogen) atoms. The van der Waals surface area contributed by atoms with Gasteiger partial charge < -0.3 is 4.74 Å². The number of hydrogen-bond donors (Lipinski definition) is 0. The van der Waals surface area contributed by atoms with Gasteiger partial charge in [0.2, 0.25) is 0 Å². The Labute approximate surface area is 116 Å². The van der Waals surface area contributed by atoms with Crippen molar-refractivity contribution in [2.75, 3.05) is 0 Å². The van der Waals surface area contributed by atoms with Gasteiger partial charge >= 0.3 is 0 Å². The highest BCUT2D eigenvalue weighted by molar-refractivity contribution is 5.82. The van der Waals surface area contributed by atoms with Gasteiger partial charge in [0.1, 0.15) is 11.9 Å². The third-order valence-corrected chi connectivity index (χ3v) is 2.90. The van der Waals surface area contributed by atoms with Crippen molar-refractivity contribution in [3.63, 3.8) is 0 Å². The average molecular weight is 271 g/mol. The van der Waals surface area contributed by atoms with Crippen LogP contribution in [0.15, 0.2) is 48.5 Å². The van der Waals surface area contributed by atoms with Crippen molar-refractivity contribution in [2.24, 2.45) is 0 Å². The molecular formula is C15H13NO4. The van der Waals surface area contributed by atoms with Crippen LogP contribution < -0.4 is 4.74 Å². The molecule has 0 aromatic heterocycles. The molecule has 0 aliphatic carbocycles. The number of nitro benzene ring substituents is 1. The van der Waals surface area contributed by atoms with E-state index in [1.165, 1.54) is 18.2 Å². The number of nitrogens with zero attached hydrogens (tertiary/aromatic N) is 1. The summed E-state index contributed by atoms with van der Waals surface area (Å²) in [4.78, 5) is 21.0. The van der Waals surface area contributed by atoms with Gasteiger partial charge in [-0.15, -0.1) is 0 Å². The van der Waals surface area contributed by atoms with Crippen LogP contribution in [0.3, 0.4) is 0 Å². The van der Waals surface area contributed by atoms with Gasteiger partial charge in [-0.25, -0.2) is 0 Å². The molecule has 0 saturated carbocycles. The van der Waals surface area contributed by atoms with E-state index < -0.39 is 4.92 Å². The average Bonchev–Trinajstić information content (AvgIpc) is 2.47. The zero-order valence-corrected chi connectivity index (χ0v) is 10.9. The van der Waals surface area contributed by atoms with Crippen LogP contribution in [0.2, 0.25) is 0 Å². The largest absolute Gasteiger partial charge is 0.486 e. The Morgan fingerprint density at radius 3 is 2.50 bits per heavy atom. The van der Waals surface area contributed by atoms with Crippen molar-refractivity contribution in [1.82, 2.24) is 0 Å². The molecule has 1 unspecified atom stereocenters. The monoisotopic (exact) mass is 271 g/mol. The Morgan fingerprint density at radius 2 is 1.90 bits per heavy atom. The number of ether oxygens (including phenoxy) is 1. The van der Waals surface area contributed by atoms with E-state index in [0.29, 0.717) is 12.0 Å². The minimum absolute atomic E-state index is 0.00719. The van der Waals surface area contributed by atoms with Crippen LogP contribution in [0.1, 0.15) is 28.9 Å². The fourth-order valence-corrected chi connectivity index (χ4v) is 1.86. The third kappa shape index (κ3) is 3.00. The Bertz CT molecular complexity index is 625.